The quantitative estimate of drug-likeness (QED) is 0.746. The van der Waals surface area contributed by atoms with E-state index in [0.717, 1.165) is 5.56 Å². The van der Waals surface area contributed by atoms with Crippen LogP contribution in [0.4, 0.5) is 0 Å². The van der Waals surface area contributed by atoms with E-state index >= 15 is 0 Å². The van der Waals surface area contributed by atoms with E-state index in [4.69, 9.17) is 9.84 Å². The molecule has 5 heteroatoms. The van der Waals surface area contributed by atoms with Crippen molar-refractivity contribution in [3.63, 3.8) is 0 Å². The lowest BCUT2D eigenvalue weighted by atomic mass is 10.2. The Labute approximate surface area is 88.1 Å². The second-order valence-corrected chi connectivity index (χ2v) is 3.11. The van der Waals surface area contributed by atoms with Crippen molar-refractivity contribution in [3.8, 4) is 5.88 Å². The molecule has 0 saturated heterocycles. The van der Waals surface area contributed by atoms with Crippen LogP contribution in [0.15, 0.2) is 18.3 Å². The number of carboxylic acids is 1. The normalized spacial score (nSPS) is 12.1. The molecular formula is C10H14N2O3. The fourth-order valence-electron chi connectivity index (χ4n) is 1.09. The summed E-state index contributed by atoms with van der Waals surface area (Å²) < 4.78 is 5.04. The third-order valence-corrected chi connectivity index (χ3v) is 2.01. The summed E-state index contributed by atoms with van der Waals surface area (Å²) in [5.74, 6) is -0.361. The number of carboxylic acid groups (broad SMARTS) is 1. The number of nitrogens with zero attached hydrogens (tertiary/aromatic N) is 1. The van der Waals surface area contributed by atoms with Crippen LogP contribution >= 0.6 is 0 Å². The Bertz CT molecular complexity index is 341. The van der Waals surface area contributed by atoms with Crippen molar-refractivity contribution in [2.75, 3.05) is 7.11 Å². The molecule has 0 saturated carbocycles. The lowest BCUT2D eigenvalue weighted by Gasteiger charge is -2.10. The van der Waals surface area contributed by atoms with Crippen LogP contribution in [-0.4, -0.2) is 29.2 Å². The van der Waals surface area contributed by atoms with Gasteiger partial charge in [0.05, 0.1) is 7.11 Å². The Balaban J connectivity index is 2.60. The zero-order valence-corrected chi connectivity index (χ0v) is 8.73. The molecule has 1 aromatic rings. The molecule has 0 fully saturated rings. The first-order chi connectivity index (χ1) is 7.15. The molecule has 0 spiro atoms. The van der Waals surface area contributed by atoms with Gasteiger partial charge >= 0.3 is 5.97 Å². The Morgan fingerprint density at radius 2 is 2.47 bits per heavy atom. The van der Waals surface area contributed by atoms with E-state index in [-0.39, 0.29) is 0 Å². The van der Waals surface area contributed by atoms with Crippen LogP contribution in [0.3, 0.4) is 0 Å². The highest BCUT2D eigenvalue weighted by molar-refractivity contribution is 5.72. The Kier molecular flexibility index (Phi) is 4.05. The van der Waals surface area contributed by atoms with E-state index in [2.05, 4.69) is 10.3 Å². The topological polar surface area (TPSA) is 71.5 Å². The predicted octanol–water partition coefficient (Wildman–Crippen LogP) is 0.653. The minimum absolute atomic E-state index is 0.421. The van der Waals surface area contributed by atoms with Crippen LogP contribution in [0.1, 0.15) is 12.5 Å². The van der Waals surface area contributed by atoms with Gasteiger partial charge in [-0.05, 0) is 13.0 Å². The Hall–Kier alpha value is -1.62. The van der Waals surface area contributed by atoms with Gasteiger partial charge in [0.25, 0.3) is 0 Å². The maximum Gasteiger partial charge on any atom is 0.320 e. The average Bonchev–Trinajstić information content (AvgIpc) is 2.26. The van der Waals surface area contributed by atoms with E-state index in [1.165, 1.54) is 7.11 Å². The van der Waals surface area contributed by atoms with Gasteiger partial charge in [-0.25, -0.2) is 4.98 Å². The average molecular weight is 210 g/mol. The molecule has 1 atom stereocenters. The lowest BCUT2D eigenvalue weighted by Crippen LogP contribution is -2.33. The van der Waals surface area contributed by atoms with Crippen LogP contribution < -0.4 is 10.1 Å². The van der Waals surface area contributed by atoms with Crippen molar-refractivity contribution < 1.29 is 14.6 Å². The minimum atomic E-state index is -0.877. The number of pyridine rings is 1. The van der Waals surface area contributed by atoms with Gasteiger partial charge in [-0.2, -0.15) is 0 Å². The summed E-state index contributed by atoms with van der Waals surface area (Å²) in [4.78, 5) is 14.6. The maximum absolute atomic E-state index is 10.6. The molecule has 82 valence electrons. The van der Waals surface area contributed by atoms with E-state index in [1.54, 1.807) is 19.2 Å². The fourth-order valence-corrected chi connectivity index (χ4v) is 1.09. The van der Waals surface area contributed by atoms with Crippen molar-refractivity contribution in [3.05, 3.63) is 23.9 Å². The summed E-state index contributed by atoms with van der Waals surface area (Å²) in [6.45, 7) is 2.01. The lowest BCUT2D eigenvalue weighted by molar-refractivity contribution is -0.139. The summed E-state index contributed by atoms with van der Waals surface area (Å²) in [5, 5.41) is 11.5. The standard InChI is InChI=1S/C10H14N2O3/c1-7(10(13)14)12-6-8-4-3-5-11-9(8)15-2/h3-5,7,12H,6H2,1-2H3,(H,13,14). The molecule has 0 bridgehead atoms. The molecule has 0 aliphatic heterocycles. The third-order valence-electron chi connectivity index (χ3n) is 2.01. The van der Waals surface area contributed by atoms with Gasteiger partial charge in [0.15, 0.2) is 0 Å². The highest BCUT2D eigenvalue weighted by atomic mass is 16.5. The van der Waals surface area contributed by atoms with Gasteiger partial charge in [-0.15, -0.1) is 0 Å². The number of carbonyl (C=O) groups is 1. The molecule has 1 unspecified atom stereocenters. The van der Waals surface area contributed by atoms with Crippen LogP contribution in [0.25, 0.3) is 0 Å². The summed E-state index contributed by atoms with van der Waals surface area (Å²) in [6.07, 6.45) is 1.63. The van der Waals surface area contributed by atoms with Gasteiger partial charge in [0.2, 0.25) is 5.88 Å². The Morgan fingerprint density at radius 1 is 1.73 bits per heavy atom. The smallest absolute Gasteiger partial charge is 0.320 e. The molecule has 0 amide bonds. The van der Waals surface area contributed by atoms with Crippen LogP contribution in [-0.2, 0) is 11.3 Å². The molecule has 1 rings (SSSR count). The van der Waals surface area contributed by atoms with E-state index in [1.807, 2.05) is 6.07 Å². The van der Waals surface area contributed by atoms with Gasteiger partial charge in [-0.3, -0.25) is 4.79 Å². The number of aromatic nitrogens is 1. The summed E-state index contributed by atoms with van der Waals surface area (Å²) in [5.41, 5.74) is 0.841. The second kappa shape index (κ2) is 5.31. The SMILES string of the molecule is COc1ncccc1CNC(C)C(=O)O. The first kappa shape index (κ1) is 11.5. The molecule has 0 aliphatic rings. The number of aliphatic carboxylic acids is 1. The molecule has 2 N–H and O–H groups in total. The van der Waals surface area contributed by atoms with Gasteiger partial charge in [-0.1, -0.05) is 6.07 Å². The molecule has 0 radical (unpaired) electrons. The van der Waals surface area contributed by atoms with Crippen molar-refractivity contribution in [2.24, 2.45) is 0 Å². The van der Waals surface area contributed by atoms with Crippen molar-refractivity contribution in [1.29, 1.82) is 0 Å². The summed E-state index contributed by atoms with van der Waals surface area (Å²) >= 11 is 0. The summed E-state index contributed by atoms with van der Waals surface area (Å²) in [7, 11) is 1.53. The Morgan fingerprint density at radius 3 is 3.07 bits per heavy atom. The molecular weight excluding hydrogens is 196 g/mol. The largest absolute Gasteiger partial charge is 0.481 e. The zero-order chi connectivity index (χ0) is 11.3. The molecule has 1 aromatic heterocycles. The molecule has 1 heterocycles. The first-order valence-electron chi connectivity index (χ1n) is 4.59. The number of ether oxygens (including phenoxy) is 1. The first-order valence-corrected chi connectivity index (χ1v) is 4.59. The number of hydrogen-bond donors (Lipinski definition) is 2. The highest BCUT2D eigenvalue weighted by Gasteiger charge is 2.11. The molecule has 0 aliphatic carbocycles. The molecule has 0 aromatic carbocycles. The minimum Gasteiger partial charge on any atom is -0.481 e. The second-order valence-electron chi connectivity index (χ2n) is 3.11. The monoisotopic (exact) mass is 210 g/mol. The third kappa shape index (κ3) is 3.21. The van der Waals surface area contributed by atoms with Crippen molar-refractivity contribution >= 4 is 5.97 Å². The van der Waals surface area contributed by atoms with E-state index in [9.17, 15) is 4.79 Å². The summed E-state index contributed by atoms with van der Waals surface area (Å²) in [6, 6.07) is 3.04. The number of methoxy groups -OCH3 is 1. The van der Waals surface area contributed by atoms with Gasteiger partial charge < -0.3 is 15.2 Å². The van der Waals surface area contributed by atoms with Crippen LogP contribution in [0, 0.1) is 0 Å². The van der Waals surface area contributed by atoms with E-state index < -0.39 is 12.0 Å². The van der Waals surface area contributed by atoms with Gasteiger partial charge in [0, 0.05) is 18.3 Å². The molecule has 15 heavy (non-hydrogen) atoms. The van der Waals surface area contributed by atoms with Gasteiger partial charge in [0.1, 0.15) is 6.04 Å². The highest BCUT2D eigenvalue weighted by Crippen LogP contribution is 2.12. The number of rotatable bonds is 5. The molecule has 5 nitrogen and oxygen atoms in total. The number of nitrogens with one attached hydrogen (secondary N) is 1. The maximum atomic E-state index is 10.6. The fraction of sp³-hybridized carbons (Fsp3) is 0.400. The van der Waals surface area contributed by atoms with Crippen LogP contribution in [0.5, 0.6) is 5.88 Å². The van der Waals surface area contributed by atoms with Crippen molar-refractivity contribution in [1.82, 2.24) is 10.3 Å². The zero-order valence-electron chi connectivity index (χ0n) is 8.73. The van der Waals surface area contributed by atoms with Crippen LogP contribution in [0.2, 0.25) is 0 Å². The predicted molar refractivity (Wildman–Crippen MR) is 54.7 cm³/mol. The van der Waals surface area contributed by atoms with Crippen molar-refractivity contribution in [2.45, 2.75) is 19.5 Å². The number of hydrogen-bond acceptors (Lipinski definition) is 4. The van der Waals surface area contributed by atoms with E-state index in [0.29, 0.717) is 12.4 Å².